The molecule has 0 radical (unpaired) electrons. The molecule has 1 heteroatoms. The summed E-state index contributed by atoms with van der Waals surface area (Å²) in [6, 6.07) is 15.5. The Hall–Kier alpha value is -2.15. The number of hydrogen-bond donors (Lipinski definition) is 0. The van der Waals surface area contributed by atoms with E-state index in [1.165, 1.54) is 40.7 Å². The van der Waals surface area contributed by atoms with Crippen LogP contribution in [0.2, 0.25) is 0 Å². The maximum Gasteiger partial charge on any atom is 0.0629 e. The van der Waals surface area contributed by atoms with Crippen molar-refractivity contribution in [2.75, 3.05) is 0 Å². The Morgan fingerprint density at radius 2 is 1.83 bits per heavy atom. The van der Waals surface area contributed by atoms with Crippen LogP contribution in [0.1, 0.15) is 51.2 Å². The van der Waals surface area contributed by atoms with Crippen molar-refractivity contribution >= 4 is 11.9 Å². The summed E-state index contributed by atoms with van der Waals surface area (Å²) in [5.74, 6) is 0.590. The van der Waals surface area contributed by atoms with E-state index in [4.69, 9.17) is 4.99 Å². The third-order valence-corrected chi connectivity index (χ3v) is 5.68. The Balaban J connectivity index is 1.64. The molecule has 0 saturated heterocycles. The minimum atomic E-state index is 0.0577. The van der Waals surface area contributed by atoms with Crippen LogP contribution in [0.15, 0.2) is 59.1 Å². The molecule has 1 atom stereocenters. The second-order valence-electron chi connectivity index (χ2n) is 7.76. The topological polar surface area (TPSA) is 12.4 Å². The molecule has 0 heterocycles. The highest BCUT2D eigenvalue weighted by Crippen LogP contribution is 2.49. The van der Waals surface area contributed by atoms with E-state index in [1.54, 1.807) is 0 Å². The maximum atomic E-state index is 4.81. The van der Waals surface area contributed by atoms with Gasteiger partial charge in [0.25, 0.3) is 0 Å². The molecule has 0 bridgehead atoms. The Labute approximate surface area is 145 Å². The summed E-state index contributed by atoms with van der Waals surface area (Å²) in [5, 5.41) is 0. The first-order chi connectivity index (χ1) is 11.6. The predicted octanol–water partition coefficient (Wildman–Crippen LogP) is 6.44. The highest BCUT2D eigenvalue weighted by atomic mass is 14.7. The normalized spacial score (nSPS) is 21.5. The molecule has 24 heavy (non-hydrogen) atoms. The first-order valence-electron chi connectivity index (χ1n) is 9.00. The number of nitrogens with zero attached hydrogens (tertiary/aromatic N) is 1. The first-order valence-corrected chi connectivity index (χ1v) is 9.00. The molecule has 0 amide bonds. The van der Waals surface area contributed by atoms with Gasteiger partial charge in [0, 0.05) is 11.6 Å². The summed E-state index contributed by atoms with van der Waals surface area (Å²) in [7, 11) is 0. The number of allylic oxidation sites excluding steroid dienone is 2. The Morgan fingerprint density at radius 3 is 2.62 bits per heavy atom. The van der Waals surface area contributed by atoms with Gasteiger partial charge in [-0.15, -0.1) is 0 Å². The molecule has 0 aliphatic heterocycles. The van der Waals surface area contributed by atoms with Crippen molar-refractivity contribution in [1.82, 2.24) is 0 Å². The molecule has 4 rings (SSSR count). The fraction of sp³-hybridized carbons (Fsp3) is 0.348. The monoisotopic (exact) mass is 315 g/mol. The summed E-state index contributed by atoms with van der Waals surface area (Å²) < 4.78 is 0. The van der Waals surface area contributed by atoms with Crippen molar-refractivity contribution in [2.45, 2.75) is 45.4 Å². The lowest BCUT2D eigenvalue weighted by molar-refractivity contribution is 0.608. The molecule has 1 nitrogen and oxygen atoms in total. The molecule has 2 aliphatic rings. The van der Waals surface area contributed by atoms with E-state index in [1.807, 2.05) is 0 Å². The second kappa shape index (κ2) is 5.73. The molecule has 0 aromatic heterocycles. The van der Waals surface area contributed by atoms with Gasteiger partial charge in [-0.2, -0.15) is 0 Å². The minimum Gasteiger partial charge on any atom is -0.261 e. The fourth-order valence-corrected chi connectivity index (χ4v) is 4.08. The van der Waals surface area contributed by atoms with Gasteiger partial charge in [0.05, 0.1) is 5.69 Å². The van der Waals surface area contributed by atoms with E-state index < -0.39 is 0 Å². The van der Waals surface area contributed by atoms with Gasteiger partial charge in [-0.25, -0.2) is 0 Å². The lowest BCUT2D eigenvalue weighted by atomic mass is 9.82. The van der Waals surface area contributed by atoms with Crippen LogP contribution in [-0.2, 0) is 5.41 Å². The molecule has 2 aromatic rings. The lowest BCUT2D eigenvalue weighted by Crippen LogP contribution is -2.14. The van der Waals surface area contributed by atoms with E-state index >= 15 is 0 Å². The zero-order chi connectivity index (χ0) is 16.7. The van der Waals surface area contributed by atoms with Gasteiger partial charge < -0.3 is 0 Å². The van der Waals surface area contributed by atoms with E-state index in [2.05, 4.69) is 75.5 Å². The Kier molecular flexibility index (Phi) is 3.68. The predicted molar refractivity (Wildman–Crippen MR) is 103 cm³/mol. The van der Waals surface area contributed by atoms with Crippen LogP contribution in [0, 0.1) is 5.92 Å². The van der Waals surface area contributed by atoms with Crippen LogP contribution in [-0.4, -0.2) is 6.21 Å². The molecule has 122 valence electrons. The van der Waals surface area contributed by atoms with Crippen LogP contribution in [0.25, 0.3) is 11.1 Å². The largest absolute Gasteiger partial charge is 0.261 e. The van der Waals surface area contributed by atoms with Gasteiger partial charge in [-0.1, -0.05) is 55.8 Å². The molecule has 0 fully saturated rings. The third kappa shape index (κ3) is 2.53. The summed E-state index contributed by atoms with van der Waals surface area (Å²) in [6.45, 7) is 6.87. The van der Waals surface area contributed by atoms with Crippen LogP contribution >= 0.6 is 0 Å². The van der Waals surface area contributed by atoms with Crippen molar-refractivity contribution in [1.29, 1.82) is 0 Å². The molecule has 2 aromatic carbocycles. The van der Waals surface area contributed by atoms with E-state index in [0.29, 0.717) is 5.92 Å². The van der Waals surface area contributed by atoms with Gasteiger partial charge in [0.2, 0.25) is 0 Å². The zero-order valence-electron chi connectivity index (χ0n) is 14.8. The summed E-state index contributed by atoms with van der Waals surface area (Å²) >= 11 is 0. The van der Waals surface area contributed by atoms with Crippen molar-refractivity contribution in [2.24, 2.45) is 10.9 Å². The fourth-order valence-electron chi connectivity index (χ4n) is 4.08. The summed E-state index contributed by atoms with van der Waals surface area (Å²) in [5.41, 5.74) is 8.23. The maximum absolute atomic E-state index is 4.81. The summed E-state index contributed by atoms with van der Waals surface area (Å²) in [6.07, 6.45) is 8.11. The quantitative estimate of drug-likeness (QED) is 0.446. The minimum absolute atomic E-state index is 0.0577. The van der Waals surface area contributed by atoms with E-state index in [-0.39, 0.29) is 5.41 Å². The molecule has 0 saturated carbocycles. The first kappa shape index (κ1) is 15.4. The van der Waals surface area contributed by atoms with Crippen LogP contribution < -0.4 is 0 Å². The highest BCUT2D eigenvalue weighted by Gasteiger charge is 2.35. The molecule has 0 spiro atoms. The van der Waals surface area contributed by atoms with Crippen molar-refractivity contribution in [3.63, 3.8) is 0 Å². The van der Waals surface area contributed by atoms with Crippen LogP contribution in [0.4, 0.5) is 5.69 Å². The molecule has 2 aliphatic carbocycles. The molecule has 0 N–H and O–H groups in total. The average Bonchev–Trinajstić information content (AvgIpc) is 2.83. The van der Waals surface area contributed by atoms with Crippen molar-refractivity contribution < 1.29 is 0 Å². The summed E-state index contributed by atoms with van der Waals surface area (Å²) in [4.78, 5) is 4.81. The van der Waals surface area contributed by atoms with Crippen LogP contribution in [0.5, 0.6) is 0 Å². The van der Waals surface area contributed by atoms with Crippen molar-refractivity contribution in [3.8, 4) is 11.1 Å². The average molecular weight is 315 g/mol. The number of aliphatic imine (C=N–C) groups is 1. The van der Waals surface area contributed by atoms with E-state index in [0.717, 1.165) is 12.1 Å². The number of hydrogen-bond acceptors (Lipinski definition) is 1. The van der Waals surface area contributed by atoms with Crippen molar-refractivity contribution in [3.05, 3.63) is 65.2 Å². The third-order valence-electron chi connectivity index (χ3n) is 5.68. The lowest BCUT2D eigenvalue weighted by Gasteiger charge is -2.21. The van der Waals surface area contributed by atoms with E-state index in [9.17, 15) is 0 Å². The van der Waals surface area contributed by atoms with Gasteiger partial charge in [-0.05, 0) is 66.5 Å². The van der Waals surface area contributed by atoms with Gasteiger partial charge >= 0.3 is 0 Å². The number of fused-ring (bicyclic) bond motifs is 3. The highest BCUT2D eigenvalue weighted by molar-refractivity contribution is 5.82. The van der Waals surface area contributed by atoms with Gasteiger partial charge in [0.15, 0.2) is 0 Å². The van der Waals surface area contributed by atoms with Gasteiger partial charge in [-0.3, -0.25) is 4.99 Å². The smallest absolute Gasteiger partial charge is 0.0629 e. The second-order valence-corrected chi connectivity index (χ2v) is 7.76. The molecular weight excluding hydrogens is 290 g/mol. The standard InChI is InChI=1S/C23H25N/c1-16-8-10-17(11-9-16)15-24-18-12-13-20-19-6-4-5-7-21(19)23(2,3)22(20)14-18/h4-8,12-15,17H,9-11H2,1-3H3. The zero-order valence-corrected chi connectivity index (χ0v) is 14.8. The number of benzene rings is 2. The van der Waals surface area contributed by atoms with Gasteiger partial charge in [0.1, 0.15) is 0 Å². The number of rotatable bonds is 2. The molecular formula is C23H25N. The van der Waals surface area contributed by atoms with Crippen LogP contribution in [0.3, 0.4) is 0 Å². The Morgan fingerprint density at radius 1 is 1.04 bits per heavy atom. The SMILES string of the molecule is CC1=CCC(C=Nc2ccc3c(c2)C(C)(C)c2ccccc2-3)CC1. The molecule has 1 unspecified atom stereocenters. The Bertz CT molecular complexity index is 839.